The number of hydrogen-bond donors (Lipinski definition) is 2. The molecule has 0 saturated heterocycles. The Morgan fingerprint density at radius 2 is 2.14 bits per heavy atom. The number of hydrogen-bond acceptors (Lipinski definition) is 4. The number of imidazole rings is 1. The highest BCUT2D eigenvalue weighted by Gasteiger charge is 2.23. The Morgan fingerprint density at radius 1 is 1.33 bits per heavy atom. The van der Waals surface area contributed by atoms with Crippen LogP contribution in [0.2, 0.25) is 0 Å². The van der Waals surface area contributed by atoms with E-state index in [9.17, 15) is 0 Å². The molecular weight excluding hydrogens is 262 g/mol. The van der Waals surface area contributed by atoms with Crippen LogP contribution in [-0.4, -0.2) is 27.5 Å². The van der Waals surface area contributed by atoms with Crippen LogP contribution in [0.4, 0.5) is 11.6 Å². The van der Waals surface area contributed by atoms with E-state index in [-0.39, 0.29) is 0 Å². The molecule has 0 bridgehead atoms. The van der Waals surface area contributed by atoms with E-state index >= 15 is 0 Å². The van der Waals surface area contributed by atoms with Crippen LogP contribution in [-0.2, 0) is 0 Å². The molecule has 1 aliphatic carbocycles. The second-order valence-corrected chi connectivity index (χ2v) is 5.94. The lowest BCUT2D eigenvalue weighted by molar-refractivity contribution is 0.312. The van der Waals surface area contributed by atoms with Gasteiger partial charge in [0.1, 0.15) is 5.82 Å². The Bertz CT molecular complexity index is 585. The maximum Gasteiger partial charge on any atom is 0.180 e. The summed E-state index contributed by atoms with van der Waals surface area (Å²) >= 11 is 0. The van der Waals surface area contributed by atoms with Gasteiger partial charge >= 0.3 is 0 Å². The average molecular weight is 287 g/mol. The first-order valence-electron chi connectivity index (χ1n) is 8.09. The standard InChI is InChI=1S/C16H25N5/c1-3-13(12-7-5-4-6-8-12)19-15-16-18-9-10-21(16)11-14(17-2)20-15/h9-13,17H,3-8H2,1-2H3,(H,19,20). The van der Waals surface area contributed by atoms with Crippen molar-refractivity contribution in [1.29, 1.82) is 0 Å². The molecule has 5 nitrogen and oxygen atoms in total. The monoisotopic (exact) mass is 287 g/mol. The Balaban J connectivity index is 1.86. The maximum atomic E-state index is 4.67. The number of nitrogens with zero attached hydrogens (tertiary/aromatic N) is 3. The smallest absolute Gasteiger partial charge is 0.180 e. The van der Waals surface area contributed by atoms with Gasteiger partial charge in [-0.3, -0.25) is 0 Å². The summed E-state index contributed by atoms with van der Waals surface area (Å²) in [6.45, 7) is 2.26. The highest BCUT2D eigenvalue weighted by molar-refractivity contribution is 5.65. The predicted octanol–water partition coefficient (Wildman–Crippen LogP) is 3.54. The minimum Gasteiger partial charge on any atom is -0.372 e. The van der Waals surface area contributed by atoms with Crippen molar-refractivity contribution in [3.8, 4) is 0 Å². The molecule has 1 unspecified atom stereocenters. The van der Waals surface area contributed by atoms with Crippen molar-refractivity contribution >= 4 is 17.3 Å². The molecule has 5 heteroatoms. The van der Waals surface area contributed by atoms with Gasteiger partial charge in [-0.15, -0.1) is 0 Å². The summed E-state index contributed by atoms with van der Waals surface area (Å²) in [4.78, 5) is 9.11. The molecule has 0 spiro atoms. The largest absolute Gasteiger partial charge is 0.372 e. The number of aromatic nitrogens is 3. The third kappa shape index (κ3) is 2.96. The van der Waals surface area contributed by atoms with E-state index in [1.165, 1.54) is 32.1 Å². The van der Waals surface area contributed by atoms with Gasteiger partial charge in [0, 0.05) is 25.5 Å². The van der Waals surface area contributed by atoms with Crippen LogP contribution in [0.3, 0.4) is 0 Å². The Kier molecular flexibility index (Phi) is 4.27. The average Bonchev–Trinajstić information content (AvgIpc) is 3.01. The number of fused-ring (bicyclic) bond motifs is 1. The van der Waals surface area contributed by atoms with Crippen molar-refractivity contribution in [3.63, 3.8) is 0 Å². The second-order valence-electron chi connectivity index (χ2n) is 5.94. The molecule has 1 fully saturated rings. The SMILES string of the molecule is CCC(Nc1nc(NC)cn2ccnc12)C1CCCCC1. The molecule has 1 atom stereocenters. The van der Waals surface area contributed by atoms with Crippen LogP contribution < -0.4 is 10.6 Å². The van der Waals surface area contributed by atoms with Crippen LogP contribution in [0.5, 0.6) is 0 Å². The maximum absolute atomic E-state index is 4.67. The first-order valence-corrected chi connectivity index (χ1v) is 8.09. The normalized spacial score (nSPS) is 17.8. The summed E-state index contributed by atoms with van der Waals surface area (Å²) in [7, 11) is 1.90. The zero-order chi connectivity index (χ0) is 14.7. The molecule has 21 heavy (non-hydrogen) atoms. The van der Waals surface area contributed by atoms with Crippen molar-refractivity contribution in [2.75, 3.05) is 17.7 Å². The molecule has 2 aromatic heterocycles. The molecule has 1 saturated carbocycles. The van der Waals surface area contributed by atoms with Crippen molar-refractivity contribution in [3.05, 3.63) is 18.6 Å². The van der Waals surface area contributed by atoms with Gasteiger partial charge in [0.05, 0.1) is 6.20 Å². The molecule has 114 valence electrons. The zero-order valence-corrected chi connectivity index (χ0v) is 13.0. The molecule has 2 heterocycles. The van der Waals surface area contributed by atoms with Crippen LogP contribution in [0.1, 0.15) is 45.4 Å². The molecule has 3 rings (SSSR count). The van der Waals surface area contributed by atoms with Gasteiger partial charge in [0.15, 0.2) is 11.5 Å². The Labute approximate surface area is 126 Å². The van der Waals surface area contributed by atoms with E-state index < -0.39 is 0 Å². The molecule has 0 aliphatic heterocycles. The summed E-state index contributed by atoms with van der Waals surface area (Å²) in [5.41, 5.74) is 0.906. The topological polar surface area (TPSA) is 54.2 Å². The van der Waals surface area contributed by atoms with Gasteiger partial charge < -0.3 is 15.0 Å². The van der Waals surface area contributed by atoms with E-state index in [0.29, 0.717) is 6.04 Å². The summed E-state index contributed by atoms with van der Waals surface area (Å²) in [5.74, 6) is 2.52. The van der Waals surface area contributed by atoms with E-state index in [4.69, 9.17) is 0 Å². The molecule has 2 aromatic rings. The van der Waals surface area contributed by atoms with E-state index in [1.807, 2.05) is 30.0 Å². The quantitative estimate of drug-likeness (QED) is 0.883. The van der Waals surface area contributed by atoms with Crippen LogP contribution in [0.15, 0.2) is 18.6 Å². The second kappa shape index (κ2) is 6.33. The van der Waals surface area contributed by atoms with E-state index in [2.05, 4.69) is 27.5 Å². The third-order valence-corrected chi connectivity index (χ3v) is 4.61. The first-order chi connectivity index (χ1) is 10.3. The first kappa shape index (κ1) is 14.2. The summed E-state index contributed by atoms with van der Waals surface area (Å²) in [6.07, 6.45) is 13.7. The molecule has 1 aliphatic rings. The van der Waals surface area contributed by atoms with Crippen molar-refractivity contribution in [1.82, 2.24) is 14.4 Å². The van der Waals surface area contributed by atoms with Gasteiger partial charge in [-0.25, -0.2) is 9.97 Å². The molecule has 0 amide bonds. The molecule has 0 aromatic carbocycles. The highest BCUT2D eigenvalue weighted by Crippen LogP contribution is 2.30. The Morgan fingerprint density at radius 3 is 2.86 bits per heavy atom. The number of anilines is 2. The number of nitrogens with one attached hydrogen (secondary N) is 2. The minimum atomic E-state index is 0.491. The molecule has 0 radical (unpaired) electrons. The lowest BCUT2D eigenvalue weighted by Gasteiger charge is -2.30. The van der Waals surface area contributed by atoms with Crippen LogP contribution >= 0.6 is 0 Å². The zero-order valence-electron chi connectivity index (χ0n) is 13.0. The van der Waals surface area contributed by atoms with Gasteiger partial charge in [-0.1, -0.05) is 26.2 Å². The van der Waals surface area contributed by atoms with Crippen LogP contribution in [0.25, 0.3) is 5.65 Å². The van der Waals surface area contributed by atoms with E-state index in [1.54, 1.807) is 0 Å². The fourth-order valence-corrected chi connectivity index (χ4v) is 3.41. The molecular formula is C16H25N5. The fourth-order valence-electron chi connectivity index (χ4n) is 3.41. The van der Waals surface area contributed by atoms with Gasteiger partial charge in [-0.05, 0) is 25.2 Å². The summed E-state index contributed by atoms with van der Waals surface area (Å²) in [5, 5.41) is 6.79. The van der Waals surface area contributed by atoms with Crippen molar-refractivity contribution in [2.24, 2.45) is 5.92 Å². The minimum absolute atomic E-state index is 0.491. The highest BCUT2D eigenvalue weighted by atomic mass is 15.1. The Hall–Kier alpha value is -1.78. The lowest BCUT2D eigenvalue weighted by Crippen LogP contribution is -2.30. The summed E-state index contributed by atoms with van der Waals surface area (Å²) in [6, 6.07) is 0.491. The van der Waals surface area contributed by atoms with Gasteiger partial charge in [0.2, 0.25) is 0 Å². The van der Waals surface area contributed by atoms with Crippen LogP contribution in [0, 0.1) is 5.92 Å². The van der Waals surface area contributed by atoms with Gasteiger partial charge in [0.25, 0.3) is 0 Å². The van der Waals surface area contributed by atoms with Gasteiger partial charge in [-0.2, -0.15) is 0 Å². The third-order valence-electron chi connectivity index (χ3n) is 4.61. The molecule has 2 N–H and O–H groups in total. The fraction of sp³-hybridized carbons (Fsp3) is 0.625. The summed E-state index contributed by atoms with van der Waals surface area (Å²) < 4.78 is 2.02. The van der Waals surface area contributed by atoms with Crippen molar-refractivity contribution < 1.29 is 0 Å². The van der Waals surface area contributed by atoms with E-state index in [0.717, 1.165) is 29.6 Å². The predicted molar refractivity (Wildman–Crippen MR) is 86.8 cm³/mol. The lowest BCUT2D eigenvalue weighted by atomic mass is 9.83. The van der Waals surface area contributed by atoms with Crippen molar-refractivity contribution in [2.45, 2.75) is 51.5 Å². The number of rotatable bonds is 5.